The van der Waals surface area contributed by atoms with Gasteiger partial charge in [0.1, 0.15) is 0 Å². The number of amides is 1. The van der Waals surface area contributed by atoms with E-state index in [1.807, 2.05) is 6.07 Å². The third-order valence-electron chi connectivity index (χ3n) is 13.7. The van der Waals surface area contributed by atoms with E-state index in [1.54, 1.807) is 0 Å². The van der Waals surface area contributed by atoms with Gasteiger partial charge >= 0.3 is 0 Å². The lowest BCUT2D eigenvalue weighted by molar-refractivity contribution is -0.207. The third-order valence-corrected chi connectivity index (χ3v) is 13.7. The van der Waals surface area contributed by atoms with Crippen molar-refractivity contribution in [3.63, 3.8) is 0 Å². The van der Waals surface area contributed by atoms with Crippen LogP contribution in [0.5, 0.6) is 0 Å². The van der Waals surface area contributed by atoms with Crippen LogP contribution in [0, 0.1) is 46.3 Å². The highest BCUT2D eigenvalue weighted by Crippen LogP contribution is 2.68. The summed E-state index contributed by atoms with van der Waals surface area (Å²) >= 11 is 0. The Morgan fingerprint density at radius 3 is 2.41 bits per heavy atom. The molecule has 0 saturated heterocycles. The topological polar surface area (TPSA) is 81.0 Å². The largest absolute Gasteiger partial charge is 0.393 e. The van der Waals surface area contributed by atoms with E-state index >= 15 is 0 Å². The van der Waals surface area contributed by atoms with Crippen LogP contribution in [0.15, 0.2) is 30.3 Å². The van der Waals surface area contributed by atoms with Crippen LogP contribution in [0.25, 0.3) is 0 Å². The molecule has 0 spiro atoms. The minimum absolute atomic E-state index is 0.0970. The molecule has 4 saturated carbocycles. The first-order chi connectivity index (χ1) is 21.1. The van der Waals surface area contributed by atoms with Crippen molar-refractivity contribution in [3.05, 3.63) is 35.9 Å². The van der Waals surface area contributed by atoms with Gasteiger partial charge in [0, 0.05) is 19.5 Å². The standard InChI is InChI=1S/C39H63NO4/c1-5-6-7-8-9-13-22-40(26-28-14-11-10-12-15-28)36(44)19-16-27(2)31-17-18-32-37-33(25-35(43)39(31,32)4)38(3)21-20-30(41)23-29(38)24-34(37)42/h10-12,14-15,27,29-35,37,41-43H,5-9,13,16-26H2,1-4H3/t27?,29?,30-,31-,32+,33+,34?,35+,37?,38+,39-/m1/s1. The molecule has 4 aliphatic carbocycles. The fourth-order valence-electron chi connectivity index (χ4n) is 11.0. The molecule has 44 heavy (non-hydrogen) atoms. The smallest absolute Gasteiger partial charge is 0.222 e. The maximum Gasteiger partial charge on any atom is 0.222 e. The summed E-state index contributed by atoms with van der Waals surface area (Å²) in [6.45, 7) is 10.8. The molecule has 0 aromatic heterocycles. The van der Waals surface area contributed by atoms with Gasteiger partial charge in [0.25, 0.3) is 0 Å². The molecule has 11 atom stereocenters. The van der Waals surface area contributed by atoms with E-state index in [-0.39, 0.29) is 41.0 Å². The Bertz CT molecular complexity index is 1060. The zero-order chi connectivity index (χ0) is 31.5. The molecule has 4 aliphatic rings. The Morgan fingerprint density at radius 2 is 1.66 bits per heavy atom. The first kappa shape index (κ1) is 33.9. The molecule has 0 aliphatic heterocycles. The lowest BCUT2D eigenvalue weighted by Crippen LogP contribution is -2.62. The van der Waals surface area contributed by atoms with Gasteiger partial charge < -0.3 is 20.2 Å². The normalized spacial score (nSPS) is 38.8. The number of carbonyl (C=O) groups excluding carboxylic acids is 1. The van der Waals surface area contributed by atoms with Crippen LogP contribution in [0.2, 0.25) is 0 Å². The van der Waals surface area contributed by atoms with E-state index in [0.717, 1.165) is 64.3 Å². The van der Waals surface area contributed by atoms with Gasteiger partial charge in [-0.1, -0.05) is 90.1 Å². The maximum absolute atomic E-state index is 13.7. The zero-order valence-electron chi connectivity index (χ0n) is 28.3. The maximum atomic E-state index is 13.7. The van der Waals surface area contributed by atoms with Gasteiger partial charge in [-0.3, -0.25) is 4.79 Å². The van der Waals surface area contributed by atoms with Crippen LogP contribution in [-0.2, 0) is 11.3 Å². The Hall–Kier alpha value is -1.43. The zero-order valence-corrected chi connectivity index (χ0v) is 28.3. The number of aliphatic hydroxyl groups is 3. The number of fused-ring (bicyclic) bond motifs is 5. The van der Waals surface area contributed by atoms with E-state index in [0.29, 0.717) is 42.6 Å². The molecule has 4 fully saturated rings. The molecule has 1 aromatic carbocycles. The molecule has 1 aromatic rings. The lowest BCUT2D eigenvalue weighted by atomic mass is 9.43. The summed E-state index contributed by atoms with van der Waals surface area (Å²) in [6, 6.07) is 10.4. The summed E-state index contributed by atoms with van der Waals surface area (Å²) in [6.07, 6.45) is 14.1. The molecule has 0 radical (unpaired) electrons. The van der Waals surface area contributed by atoms with Crippen molar-refractivity contribution in [3.8, 4) is 0 Å². The van der Waals surface area contributed by atoms with E-state index in [4.69, 9.17) is 0 Å². The first-order valence-electron chi connectivity index (χ1n) is 18.4. The highest BCUT2D eigenvalue weighted by molar-refractivity contribution is 5.76. The van der Waals surface area contributed by atoms with Crippen LogP contribution in [0.3, 0.4) is 0 Å². The highest BCUT2D eigenvalue weighted by atomic mass is 16.3. The van der Waals surface area contributed by atoms with E-state index in [9.17, 15) is 20.1 Å². The Labute approximate surface area is 268 Å². The lowest BCUT2D eigenvalue weighted by Gasteiger charge is -2.63. The second kappa shape index (κ2) is 14.6. The Morgan fingerprint density at radius 1 is 0.932 bits per heavy atom. The highest BCUT2D eigenvalue weighted by Gasteiger charge is 2.65. The van der Waals surface area contributed by atoms with Crippen LogP contribution in [0.4, 0.5) is 0 Å². The van der Waals surface area contributed by atoms with Crippen molar-refractivity contribution >= 4 is 5.91 Å². The molecule has 5 heteroatoms. The molecule has 1 amide bonds. The van der Waals surface area contributed by atoms with Crippen LogP contribution in [0.1, 0.15) is 130 Å². The number of carbonyl (C=O) groups is 1. The number of aliphatic hydroxyl groups excluding tert-OH is 3. The van der Waals surface area contributed by atoms with Gasteiger partial charge in [-0.15, -0.1) is 0 Å². The molecule has 3 N–H and O–H groups in total. The summed E-state index contributed by atoms with van der Waals surface area (Å²) in [5.41, 5.74) is 1.07. The van der Waals surface area contributed by atoms with Crippen molar-refractivity contribution in [2.75, 3.05) is 6.54 Å². The van der Waals surface area contributed by atoms with Crippen molar-refractivity contribution in [1.82, 2.24) is 4.90 Å². The molecule has 5 nitrogen and oxygen atoms in total. The monoisotopic (exact) mass is 609 g/mol. The number of unbranched alkanes of at least 4 members (excludes halogenated alkanes) is 5. The van der Waals surface area contributed by atoms with Gasteiger partial charge in [0.15, 0.2) is 0 Å². The number of nitrogens with zero attached hydrogens (tertiary/aromatic N) is 1. The Balaban J connectivity index is 1.22. The summed E-state index contributed by atoms with van der Waals surface area (Å²) in [5, 5.41) is 33.9. The minimum atomic E-state index is -0.378. The molecule has 0 heterocycles. The number of hydrogen-bond donors (Lipinski definition) is 3. The van der Waals surface area contributed by atoms with Crippen molar-refractivity contribution < 1.29 is 20.1 Å². The summed E-state index contributed by atoms with van der Waals surface area (Å²) in [5.74, 6) is 2.19. The van der Waals surface area contributed by atoms with Crippen LogP contribution >= 0.6 is 0 Å². The first-order valence-corrected chi connectivity index (χ1v) is 18.4. The van der Waals surface area contributed by atoms with E-state index in [2.05, 4.69) is 56.9 Å². The average Bonchev–Trinajstić information content (AvgIpc) is 3.37. The predicted octanol–water partition coefficient (Wildman–Crippen LogP) is 7.75. The molecular formula is C39H63NO4. The third kappa shape index (κ3) is 6.81. The quantitative estimate of drug-likeness (QED) is 0.200. The molecule has 0 bridgehead atoms. The second-order valence-electron chi connectivity index (χ2n) is 16.1. The molecule has 248 valence electrons. The summed E-state index contributed by atoms with van der Waals surface area (Å²) < 4.78 is 0. The van der Waals surface area contributed by atoms with E-state index < -0.39 is 0 Å². The van der Waals surface area contributed by atoms with Gasteiger partial charge in [-0.05, 0) is 110 Å². The number of benzene rings is 1. The van der Waals surface area contributed by atoms with Gasteiger partial charge in [0.05, 0.1) is 18.3 Å². The minimum Gasteiger partial charge on any atom is -0.393 e. The second-order valence-corrected chi connectivity index (χ2v) is 16.1. The fourth-order valence-corrected chi connectivity index (χ4v) is 11.0. The number of rotatable bonds is 13. The fraction of sp³-hybridized carbons (Fsp3) is 0.821. The summed E-state index contributed by atoms with van der Waals surface area (Å²) in [4.78, 5) is 15.8. The van der Waals surface area contributed by atoms with Crippen molar-refractivity contribution in [2.24, 2.45) is 46.3 Å². The molecule has 5 rings (SSSR count). The van der Waals surface area contributed by atoms with Crippen LogP contribution < -0.4 is 0 Å². The van der Waals surface area contributed by atoms with Crippen molar-refractivity contribution in [2.45, 2.75) is 149 Å². The van der Waals surface area contributed by atoms with Crippen molar-refractivity contribution in [1.29, 1.82) is 0 Å². The molecular weight excluding hydrogens is 546 g/mol. The van der Waals surface area contributed by atoms with Gasteiger partial charge in [0.2, 0.25) is 5.91 Å². The van der Waals surface area contributed by atoms with Gasteiger partial charge in [-0.2, -0.15) is 0 Å². The number of hydrogen-bond acceptors (Lipinski definition) is 4. The average molecular weight is 610 g/mol. The van der Waals surface area contributed by atoms with Gasteiger partial charge in [-0.25, -0.2) is 0 Å². The summed E-state index contributed by atoms with van der Waals surface area (Å²) in [7, 11) is 0. The van der Waals surface area contributed by atoms with E-state index in [1.165, 1.54) is 37.7 Å². The predicted molar refractivity (Wildman–Crippen MR) is 178 cm³/mol. The molecule has 4 unspecified atom stereocenters. The van der Waals surface area contributed by atoms with Crippen LogP contribution in [-0.4, -0.2) is 51.0 Å². The SMILES string of the molecule is CCCCCCCCN(Cc1ccccc1)C(=O)CCC(C)[C@H]1CC[C@H]2C3C(O)CC4C[C@H](O)CC[C@]4(C)[C@H]3C[C@H](O)[C@]12C. The Kier molecular flexibility index (Phi) is 11.2.